The van der Waals surface area contributed by atoms with Crippen LogP contribution >= 0.6 is 15.9 Å². The van der Waals surface area contributed by atoms with Gasteiger partial charge in [-0.3, -0.25) is 4.79 Å². The summed E-state index contributed by atoms with van der Waals surface area (Å²) < 4.78 is 2.08. The molecule has 0 amide bonds. The minimum absolute atomic E-state index is 0.0801. The molecule has 2 heterocycles. The normalized spacial score (nSPS) is 19.6. The summed E-state index contributed by atoms with van der Waals surface area (Å²) in [5.74, 6) is 0. The standard InChI is InChI=1S/C13H22BrN5O/c1-17(2)6-7-19-13(20)12(14)11(8-16-19)18-5-3-4-10(15)9-18/h8,10H,3-7,9,15H2,1-2H3/t10-/m1/s1. The third-order valence-electron chi connectivity index (χ3n) is 3.52. The van der Waals surface area contributed by atoms with Gasteiger partial charge in [0.2, 0.25) is 0 Å². The average Bonchev–Trinajstić information content (AvgIpc) is 2.40. The first-order valence-corrected chi connectivity index (χ1v) is 7.69. The summed E-state index contributed by atoms with van der Waals surface area (Å²) in [6, 6.07) is 0.173. The molecule has 2 rings (SSSR count). The van der Waals surface area contributed by atoms with E-state index >= 15 is 0 Å². The predicted octanol–water partition coefficient (Wildman–Crippen LogP) is 0.495. The van der Waals surface area contributed by atoms with Crippen molar-refractivity contribution in [1.29, 1.82) is 0 Å². The second-order valence-corrected chi connectivity index (χ2v) is 6.32. The Balaban J connectivity index is 2.20. The molecule has 1 aromatic heterocycles. The number of piperidine rings is 1. The Bertz CT molecular complexity index is 516. The fraction of sp³-hybridized carbons (Fsp3) is 0.692. The second-order valence-electron chi connectivity index (χ2n) is 5.52. The van der Waals surface area contributed by atoms with Crippen molar-refractivity contribution in [2.75, 3.05) is 38.6 Å². The van der Waals surface area contributed by atoms with Gasteiger partial charge in [0, 0.05) is 25.7 Å². The van der Waals surface area contributed by atoms with Crippen LogP contribution in [0.5, 0.6) is 0 Å². The van der Waals surface area contributed by atoms with Crippen LogP contribution in [0.15, 0.2) is 15.5 Å². The summed E-state index contributed by atoms with van der Waals surface area (Å²) in [6.45, 7) is 3.08. The molecule has 0 radical (unpaired) electrons. The van der Waals surface area contributed by atoms with Crippen molar-refractivity contribution < 1.29 is 0 Å². The number of halogens is 1. The number of nitrogens with two attached hydrogens (primary N) is 1. The van der Waals surface area contributed by atoms with Gasteiger partial charge in [-0.05, 0) is 42.9 Å². The molecule has 1 atom stereocenters. The van der Waals surface area contributed by atoms with E-state index in [1.807, 2.05) is 19.0 Å². The van der Waals surface area contributed by atoms with Gasteiger partial charge >= 0.3 is 0 Å². The molecule has 0 spiro atoms. The van der Waals surface area contributed by atoms with Crippen LogP contribution in [0.4, 0.5) is 5.69 Å². The van der Waals surface area contributed by atoms with Crippen LogP contribution in [0.1, 0.15) is 12.8 Å². The minimum Gasteiger partial charge on any atom is -0.368 e. The lowest BCUT2D eigenvalue weighted by molar-refractivity contribution is 0.367. The van der Waals surface area contributed by atoms with E-state index in [0.717, 1.165) is 38.2 Å². The second kappa shape index (κ2) is 6.69. The van der Waals surface area contributed by atoms with Crippen molar-refractivity contribution in [2.45, 2.75) is 25.4 Å². The molecule has 0 unspecified atom stereocenters. The molecule has 112 valence electrons. The molecule has 0 bridgehead atoms. The summed E-state index contributed by atoms with van der Waals surface area (Å²) in [5.41, 5.74) is 6.77. The van der Waals surface area contributed by atoms with Crippen LogP contribution in [0, 0.1) is 0 Å². The Kier molecular flexibility index (Phi) is 5.17. The number of hydrogen-bond acceptors (Lipinski definition) is 5. The third-order valence-corrected chi connectivity index (χ3v) is 4.27. The lowest BCUT2D eigenvalue weighted by Gasteiger charge is -2.32. The smallest absolute Gasteiger partial charge is 0.283 e. The zero-order valence-electron chi connectivity index (χ0n) is 12.0. The Morgan fingerprint density at radius 2 is 2.30 bits per heavy atom. The van der Waals surface area contributed by atoms with E-state index in [9.17, 15) is 4.79 Å². The van der Waals surface area contributed by atoms with Gasteiger partial charge in [-0.2, -0.15) is 5.10 Å². The molecule has 2 N–H and O–H groups in total. The molecule has 1 aliphatic heterocycles. The monoisotopic (exact) mass is 343 g/mol. The van der Waals surface area contributed by atoms with Gasteiger partial charge in [-0.15, -0.1) is 0 Å². The van der Waals surface area contributed by atoms with Gasteiger partial charge in [0.05, 0.1) is 18.4 Å². The molecule has 1 aromatic rings. The molecular weight excluding hydrogens is 322 g/mol. The zero-order chi connectivity index (χ0) is 14.7. The molecule has 0 aliphatic carbocycles. The topological polar surface area (TPSA) is 67.4 Å². The fourth-order valence-corrected chi connectivity index (χ4v) is 2.92. The van der Waals surface area contributed by atoms with Gasteiger partial charge in [0.25, 0.3) is 5.56 Å². The van der Waals surface area contributed by atoms with Gasteiger partial charge in [0.1, 0.15) is 4.47 Å². The van der Waals surface area contributed by atoms with Crippen molar-refractivity contribution >= 4 is 21.6 Å². The molecule has 1 saturated heterocycles. The van der Waals surface area contributed by atoms with E-state index in [0.29, 0.717) is 11.0 Å². The van der Waals surface area contributed by atoms with Gasteiger partial charge < -0.3 is 15.5 Å². The SMILES string of the molecule is CN(C)CCn1ncc(N2CCC[C@@H](N)C2)c(Br)c1=O. The summed E-state index contributed by atoms with van der Waals surface area (Å²) in [4.78, 5) is 16.5. The van der Waals surface area contributed by atoms with Gasteiger partial charge in [-0.25, -0.2) is 4.68 Å². The van der Waals surface area contributed by atoms with Crippen molar-refractivity contribution in [3.8, 4) is 0 Å². The molecule has 0 saturated carbocycles. The summed E-state index contributed by atoms with van der Waals surface area (Å²) in [5, 5.41) is 4.28. The van der Waals surface area contributed by atoms with Gasteiger partial charge in [-0.1, -0.05) is 0 Å². The highest BCUT2D eigenvalue weighted by atomic mass is 79.9. The predicted molar refractivity (Wildman–Crippen MR) is 84.2 cm³/mol. The lowest BCUT2D eigenvalue weighted by atomic mass is 10.1. The van der Waals surface area contributed by atoms with Crippen LogP contribution in [0.3, 0.4) is 0 Å². The number of likely N-dealkylation sites (N-methyl/N-ethyl adjacent to an activating group) is 1. The number of anilines is 1. The number of aromatic nitrogens is 2. The van der Waals surface area contributed by atoms with Gasteiger partial charge in [0.15, 0.2) is 0 Å². The maximum atomic E-state index is 12.3. The van der Waals surface area contributed by atoms with E-state index in [4.69, 9.17) is 5.73 Å². The minimum atomic E-state index is -0.0801. The zero-order valence-corrected chi connectivity index (χ0v) is 13.6. The molecule has 1 aliphatic rings. The average molecular weight is 344 g/mol. The number of rotatable bonds is 4. The maximum Gasteiger partial charge on any atom is 0.283 e. The van der Waals surface area contributed by atoms with E-state index in [-0.39, 0.29) is 11.6 Å². The molecule has 20 heavy (non-hydrogen) atoms. The highest BCUT2D eigenvalue weighted by molar-refractivity contribution is 9.10. The van der Waals surface area contributed by atoms with Crippen molar-refractivity contribution in [2.24, 2.45) is 5.73 Å². The van der Waals surface area contributed by atoms with Crippen molar-refractivity contribution in [1.82, 2.24) is 14.7 Å². The first kappa shape index (κ1) is 15.5. The first-order chi connectivity index (χ1) is 9.49. The van der Waals surface area contributed by atoms with Crippen LogP contribution in [0.2, 0.25) is 0 Å². The maximum absolute atomic E-state index is 12.3. The van der Waals surface area contributed by atoms with E-state index < -0.39 is 0 Å². The summed E-state index contributed by atoms with van der Waals surface area (Å²) in [6.07, 6.45) is 3.86. The highest BCUT2D eigenvalue weighted by Crippen LogP contribution is 2.24. The summed E-state index contributed by atoms with van der Waals surface area (Å²) in [7, 11) is 3.95. The quantitative estimate of drug-likeness (QED) is 0.861. The van der Waals surface area contributed by atoms with Crippen molar-refractivity contribution in [3.05, 3.63) is 21.0 Å². The molecular formula is C13H22BrN5O. The van der Waals surface area contributed by atoms with Crippen LogP contribution < -0.4 is 16.2 Å². The Morgan fingerprint density at radius 1 is 1.55 bits per heavy atom. The number of nitrogens with zero attached hydrogens (tertiary/aromatic N) is 4. The first-order valence-electron chi connectivity index (χ1n) is 6.90. The van der Waals surface area contributed by atoms with Crippen molar-refractivity contribution in [3.63, 3.8) is 0 Å². The van der Waals surface area contributed by atoms with E-state index in [1.165, 1.54) is 4.68 Å². The summed E-state index contributed by atoms with van der Waals surface area (Å²) >= 11 is 3.42. The molecule has 0 aromatic carbocycles. The van der Waals surface area contributed by atoms with Crippen LogP contribution in [-0.4, -0.2) is 54.5 Å². The Labute approximate surface area is 127 Å². The third kappa shape index (κ3) is 3.59. The largest absolute Gasteiger partial charge is 0.368 e. The Hall–Kier alpha value is -0.920. The molecule has 6 nitrogen and oxygen atoms in total. The highest BCUT2D eigenvalue weighted by Gasteiger charge is 2.21. The molecule has 1 fully saturated rings. The fourth-order valence-electron chi connectivity index (χ4n) is 2.36. The Morgan fingerprint density at radius 3 is 2.95 bits per heavy atom. The van der Waals surface area contributed by atoms with Crippen LogP contribution in [0.25, 0.3) is 0 Å². The number of hydrogen-bond donors (Lipinski definition) is 1. The van der Waals surface area contributed by atoms with E-state index in [2.05, 4.69) is 25.9 Å². The van der Waals surface area contributed by atoms with E-state index in [1.54, 1.807) is 6.20 Å². The van der Waals surface area contributed by atoms with Crippen LogP contribution in [-0.2, 0) is 6.54 Å². The molecule has 7 heteroatoms. The lowest BCUT2D eigenvalue weighted by Crippen LogP contribution is -2.43.